The van der Waals surface area contributed by atoms with Crippen LogP contribution in [0.2, 0.25) is 0 Å². The molecule has 4 aliphatic carbocycles. The third-order valence-corrected chi connectivity index (χ3v) is 11.2. The highest BCUT2D eigenvalue weighted by Crippen LogP contribution is 2.72. The normalized spacial score (nSPS) is 40.9. The molecule has 39 heavy (non-hydrogen) atoms. The second-order valence-electron chi connectivity index (χ2n) is 12.1. The molecular weight excluding hydrogens is 522 g/mol. The van der Waals surface area contributed by atoms with Crippen molar-refractivity contribution in [2.75, 3.05) is 5.32 Å². The maximum atomic E-state index is 17.4. The Kier molecular flexibility index (Phi) is 5.85. The summed E-state index contributed by atoms with van der Waals surface area (Å²) in [5.74, 6) is -2.52. The fourth-order valence-electron chi connectivity index (χ4n) is 8.41. The Hall–Kier alpha value is -2.75. The number of ketones is 1. The molecule has 8 unspecified atom stereocenters. The van der Waals surface area contributed by atoms with Gasteiger partial charge in [-0.1, -0.05) is 37.6 Å². The second-order valence-corrected chi connectivity index (χ2v) is 13.0. The number of allylic oxidation sites excluding steroid dienone is 4. The molecule has 2 aromatic rings. The van der Waals surface area contributed by atoms with Gasteiger partial charge in [-0.3, -0.25) is 14.9 Å². The van der Waals surface area contributed by atoms with Gasteiger partial charge in [-0.15, -0.1) is 11.3 Å². The van der Waals surface area contributed by atoms with Crippen LogP contribution in [0.25, 0.3) is 0 Å². The van der Waals surface area contributed by atoms with Gasteiger partial charge in [0.15, 0.2) is 16.6 Å². The third kappa shape index (κ3) is 3.39. The molecule has 3 N–H and O–H groups in total. The lowest BCUT2D eigenvalue weighted by Crippen LogP contribution is -2.68. The van der Waals surface area contributed by atoms with Crippen LogP contribution in [0.15, 0.2) is 53.4 Å². The average Bonchev–Trinajstić information content (AvgIpc) is 3.43. The van der Waals surface area contributed by atoms with Crippen LogP contribution in [0.3, 0.4) is 0 Å². The van der Waals surface area contributed by atoms with E-state index in [1.165, 1.54) is 30.4 Å². The van der Waals surface area contributed by atoms with Gasteiger partial charge >= 0.3 is 0 Å². The molecule has 0 bridgehead atoms. The molecule has 1 aromatic carbocycles. The highest BCUT2D eigenvalue weighted by molar-refractivity contribution is 7.14. The Morgan fingerprint density at radius 2 is 1.97 bits per heavy atom. The first kappa shape index (κ1) is 26.5. The van der Waals surface area contributed by atoms with Crippen molar-refractivity contribution in [1.29, 1.82) is 0 Å². The van der Waals surface area contributed by atoms with Crippen molar-refractivity contribution < 1.29 is 28.6 Å². The van der Waals surface area contributed by atoms with E-state index in [-0.39, 0.29) is 34.7 Å². The van der Waals surface area contributed by atoms with E-state index in [1.54, 1.807) is 24.4 Å². The van der Waals surface area contributed by atoms with Crippen LogP contribution in [-0.4, -0.2) is 38.7 Å². The summed E-state index contributed by atoms with van der Waals surface area (Å²) in [6.45, 7) is 5.60. The van der Waals surface area contributed by atoms with E-state index in [9.17, 15) is 24.2 Å². The Bertz CT molecular complexity index is 1440. The number of halogens is 2. The summed E-state index contributed by atoms with van der Waals surface area (Å²) in [6.07, 6.45) is 4.75. The monoisotopic (exact) mass is 554 g/mol. The number of carbonyl (C=O) groups excluding carboxylic acids is 2. The van der Waals surface area contributed by atoms with E-state index in [2.05, 4.69) is 10.3 Å². The molecule has 1 heterocycles. The summed E-state index contributed by atoms with van der Waals surface area (Å²) < 4.78 is 31.5. The topological polar surface area (TPSA) is 99.5 Å². The maximum Gasteiger partial charge on any atom is 0.260 e. The van der Waals surface area contributed by atoms with E-state index >= 15 is 4.39 Å². The molecule has 0 radical (unpaired) electrons. The number of fused-ring (bicyclic) bond motifs is 5. The van der Waals surface area contributed by atoms with Gasteiger partial charge in [-0.2, -0.15) is 0 Å². The smallest absolute Gasteiger partial charge is 0.260 e. The predicted molar refractivity (Wildman–Crippen MR) is 143 cm³/mol. The van der Waals surface area contributed by atoms with Crippen molar-refractivity contribution >= 4 is 28.2 Å². The third-order valence-electron chi connectivity index (χ3n) is 10.5. The van der Waals surface area contributed by atoms with Gasteiger partial charge in [-0.25, -0.2) is 13.8 Å². The fourth-order valence-corrected chi connectivity index (χ4v) is 9.17. The SMILES string of the molecule is CC1CC2C3CCC4=CC(=O)C=CC4(C)C3(F)C(O)CC2(C)C1(O)c1csc(NC(=O)c2ccccc2F)n1. The molecule has 6 rings (SSSR count). The van der Waals surface area contributed by atoms with Crippen LogP contribution in [0.1, 0.15) is 62.5 Å². The lowest BCUT2D eigenvalue weighted by Gasteiger charge is -2.62. The number of benzene rings is 1. The largest absolute Gasteiger partial charge is 0.390 e. The van der Waals surface area contributed by atoms with Gasteiger partial charge in [-0.05, 0) is 68.7 Å². The Morgan fingerprint density at radius 3 is 2.72 bits per heavy atom. The van der Waals surface area contributed by atoms with Gasteiger partial charge in [0.05, 0.1) is 17.4 Å². The molecule has 1 amide bonds. The van der Waals surface area contributed by atoms with E-state index in [1.807, 2.05) is 13.8 Å². The van der Waals surface area contributed by atoms with E-state index in [0.717, 1.165) is 11.3 Å². The van der Waals surface area contributed by atoms with Gasteiger partial charge in [0.2, 0.25) is 0 Å². The summed E-state index contributed by atoms with van der Waals surface area (Å²) in [6, 6.07) is 5.66. The standard InChI is InChI=1S/C30H32F2N2O4S/c1-16-12-21-20-9-8-17-13-18(35)10-11-27(17,2)29(20,32)24(36)14-28(21,3)30(16,38)23-15-39-26(33-23)34-25(37)19-6-4-5-7-22(19)31/h4-7,10-11,13,15-16,20-21,24,36,38H,8-9,12,14H2,1-3H3,(H,33,34,37). The lowest BCUT2D eigenvalue weighted by molar-refractivity contribution is -0.223. The van der Waals surface area contributed by atoms with Crippen LogP contribution >= 0.6 is 11.3 Å². The minimum absolute atomic E-state index is 0.0185. The van der Waals surface area contributed by atoms with Crippen LogP contribution in [0, 0.1) is 34.4 Å². The number of amides is 1. The second kappa shape index (κ2) is 8.62. The van der Waals surface area contributed by atoms with E-state index in [0.29, 0.717) is 30.5 Å². The first-order valence-corrected chi connectivity index (χ1v) is 14.3. The maximum absolute atomic E-state index is 17.4. The number of nitrogens with zero attached hydrogens (tertiary/aromatic N) is 1. The van der Waals surface area contributed by atoms with Crippen LogP contribution < -0.4 is 5.32 Å². The zero-order chi connectivity index (χ0) is 28.0. The first-order valence-electron chi connectivity index (χ1n) is 13.4. The number of rotatable bonds is 3. The first-order chi connectivity index (χ1) is 18.4. The molecule has 8 atom stereocenters. The van der Waals surface area contributed by atoms with Crippen LogP contribution in [-0.2, 0) is 10.4 Å². The molecule has 0 saturated heterocycles. The summed E-state index contributed by atoms with van der Waals surface area (Å²) in [7, 11) is 0. The molecule has 0 spiro atoms. The number of carbonyl (C=O) groups is 2. The van der Waals surface area contributed by atoms with Gasteiger partial charge in [0.1, 0.15) is 11.4 Å². The minimum Gasteiger partial charge on any atom is -0.390 e. The molecule has 3 saturated carbocycles. The van der Waals surface area contributed by atoms with Gasteiger partial charge in [0.25, 0.3) is 5.91 Å². The van der Waals surface area contributed by atoms with E-state index < -0.39 is 45.8 Å². The number of thiazole rings is 1. The van der Waals surface area contributed by atoms with E-state index in [4.69, 9.17) is 0 Å². The number of anilines is 1. The molecule has 1 aromatic heterocycles. The summed E-state index contributed by atoms with van der Waals surface area (Å²) in [4.78, 5) is 29.3. The van der Waals surface area contributed by atoms with Gasteiger partial charge in [0, 0.05) is 22.1 Å². The summed E-state index contributed by atoms with van der Waals surface area (Å²) in [5.41, 5.74) is -4.48. The van der Waals surface area contributed by atoms with Crippen molar-refractivity contribution in [3.05, 3.63) is 70.5 Å². The lowest BCUT2D eigenvalue weighted by atomic mass is 9.44. The number of aliphatic hydroxyl groups excluding tert-OH is 1. The highest BCUT2D eigenvalue weighted by atomic mass is 32.1. The Balaban J connectivity index is 1.34. The minimum atomic E-state index is -1.98. The van der Waals surface area contributed by atoms with Crippen molar-refractivity contribution in [3.63, 3.8) is 0 Å². The van der Waals surface area contributed by atoms with Crippen LogP contribution in [0.5, 0.6) is 0 Å². The Labute approximate surface area is 229 Å². The summed E-state index contributed by atoms with van der Waals surface area (Å²) >= 11 is 1.13. The predicted octanol–water partition coefficient (Wildman–Crippen LogP) is 5.34. The molecule has 0 aliphatic heterocycles. The van der Waals surface area contributed by atoms with Gasteiger partial charge < -0.3 is 10.2 Å². The molecule has 6 nitrogen and oxygen atoms in total. The Morgan fingerprint density at radius 1 is 1.23 bits per heavy atom. The molecule has 4 aliphatic rings. The molecule has 9 heteroatoms. The van der Waals surface area contributed by atoms with Crippen LogP contribution in [0.4, 0.5) is 13.9 Å². The average molecular weight is 555 g/mol. The molecule has 206 valence electrons. The number of aliphatic hydroxyl groups is 2. The van der Waals surface area contributed by atoms with Crippen molar-refractivity contribution in [2.45, 2.75) is 63.8 Å². The zero-order valence-electron chi connectivity index (χ0n) is 22.1. The molecule has 3 fully saturated rings. The number of nitrogens with one attached hydrogen (secondary N) is 1. The quantitative estimate of drug-likeness (QED) is 0.476. The number of hydrogen-bond acceptors (Lipinski definition) is 6. The van der Waals surface area contributed by atoms with Crippen molar-refractivity contribution in [2.24, 2.45) is 28.6 Å². The fraction of sp³-hybridized carbons (Fsp3) is 0.500. The van der Waals surface area contributed by atoms with Crippen molar-refractivity contribution in [3.8, 4) is 0 Å². The highest BCUT2D eigenvalue weighted by Gasteiger charge is 2.74. The van der Waals surface area contributed by atoms with Crippen molar-refractivity contribution in [1.82, 2.24) is 4.98 Å². The zero-order valence-corrected chi connectivity index (χ0v) is 22.9. The number of aromatic nitrogens is 1. The number of hydrogen-bond donors (Lipinski definition) is 3. The summed E-state index contributed by atoms with van der Waals surface area (Å²) in [5, 5.41) is 28.5. The number of alkyl halides is 1. The molecular formula is C30H32F2N2O4S.